The summed E-state index contributed by atoms with van der Waals surface area (Å²) in [4.78, 5) is 0. The second-order valence-corrected chi connectivity index (χ2v) is 10.3. The average Bonchev–Trinajstić information content (AvgIpc) is 3.05. The molecule has 0 atom stereocenters. The van der Waals surface area contributed by atoms with Crippen molar-refractivity contribution in [2.45, 2.75) is 37.2 Å². The van der Waals surface area contributed by atoms with Gasteiger partial charge in [-0.2, -0.15) is 0 Å². The standard InChI is InChI=1S/C16H23FS2/c17-16-11-14(12-18-7-1-2-8-18)5-6-15(16)13-19-9-3-4-10-19/h5-6,11H,1-4,7-10,12-13H2/q+2. The van der Waals surface area contributed by atoms with Crippen molar-refractivity contribution in [1.82, 2.24) is 0 Å². The van der Waals surface area contributed by atoms with Gasteiger partial charge in [0.25, 0.3) is 0 Å². The van der Waals surface area contributed by atoms with Gasteiger partial charge in [0.05, 0.1) is 0 Å². The zero-order valence-electron chi connectivity index (χ0n) is 11.5. The summed E-state index contributed by atoms with van der Waals surface area (Å²) >= 11 is 0. The minimum Gasteiger partial charge on any atom is -0.206 e. The molecule has 2 fully saturated rings. The highest BCUT2D eigenvalue weighted by Gasteiger charge is 2.27. The van der Waals surface area contributed by atoms with Gasteiger partial charge < -0.3 is 0 Å². The molecule has 104 valence electrons. The van der Waals surface area contributed by atoms with Crippen LogP contribution in [0.2, 0.25) is 0 Å². The molecule has 0 aliphatic carbocycles. The molecule has 2 saturated heterocycles. The molecule has 2 aliphatic rings. The Balaban J connectivity index is 1.63. The summed E-state index contributed by atoms with van der Waals surface area (Å²) in [5.41, 5.74) is 2.19. The number of halogens is 1. The lowest BCUT2D eigenvalue weighted by Gasteiger charge is -2.06. The van der Waals surface area contributed by atoms with Gasteiger partial charge in [-0.25, -0.2) is 4.39 Å². The van der Waals surface area contributed by atoms with E-state index in [-0.39, 0.29) is 5.82 Å². The fourth-order valence-electron chi connectivity index (χ4n) is 2.97. The van der Waals surface area contributed by atoms with Gasteiger partial charge in [-0.05, 0) is 53.5 Å². The molecule has 0 unspecified atom stereocenters. The summed E-state index contributed by atoms with van der Waals surface area (Å²) in [6.07, 6.45) is 5.47. The van der Waals surface area contributed by atoms with Gasteiger partial charge in [0.1, 0.15) is 40.3 Å². The smallest absolute Gasteiger partial charge is 0.136 e. The Labute approximate surface area is 121 Å². The lowest BCUT2D eigenvalue weighted by molar-refractivity contribution is 0.615. The quantitative estimate of drug-likeness (QED) is 0.744. The Morgan fingerprint density at radius 3 is 2.00 bits per heavy atom. The van der Waals surface area contributed by atoms with Crippen LogP contribution < -0.4 is 0 Å². The first-order chi connectivity index (χ1) is 9.31. The summed E-state index contributed by atoms with van der Waals surface area (Å²) < 4.78 is 14.2. The third-order valence-electron chi connectivity index (χ3n) is 4.08. The maximum absolute atomic E-state index is 14.2. The molecule has 19 heavy (non-hydrogen) atoms. The molecular weight excluding hydrogens is 275 g/mol. The van der Waals surface area contributed by atoms with E-state index in [9.17, 15) is 4.39 Å². The zero-order chi connectivity index (χ0) is 13.1. The van der Waals surface area contributed by atoms with Crippen molar-refractivity contribution in [1.29, 1.82) is 0 Å². The van der Waals surface area contributed by atoms with E-state index in [0.29, 0.717) is 21.8 Å². The molecular formula is C16H23FS2+2. The predicted molar refractivity (Wildman–Crippen MR) is 86.5 cm³/mol. The van der Waals surface area contributed by atoms with Crippen LogP contribution in [0.25, 0.3) is 0 Å². The maximum Gasteiger partial charge on any atom is 0.136 e. The number of hydrogen-bond donors (Lipinski definition) is 0. The van der Waals surface area contributed by atoms with Crippen molar-refractivity contribution in [2.75, 3.05) is 23.0 Å². The topological polar surface area (TPSA) is 0 Å². The number of rotatable bonds is 4. The van der Waals surface area contributed by atoms with Gasteiger partial charge >= 0.3 is 0 Å². The van der Waals surface area contributed by atoms with Crippen LogP contribution in [0.5, 0.6) is 0 Å². The molecule has 1 aromatic rings. The molecule has 0 nitrogen and oxygen atoms in total. The van der Waals surface area contributed by atoms with E-state index in [1.807, 2.05) is 6.07 Å². The van der Waals surface area contributed by atoms with Gasteiger partial charge in [-0.15, -0.1) is 0 Å². The summed E-state index contributed by atoms with van der Waals surface area (Å²) in [6.45, 7) is 0. The molecule has 0 saturated carbocycles. The summed E-state index contributed by atoms with van der Waals surface area (Å²) in [5, 5.41) is 0. The summed E-state index contributed by atoms with van der Waals surface area (Å²) in [6, 6.07) is 6.07. The number of hydrogen-bond acceptors (Lipinski definition) is 0. The maximum atomic E-state index is 14.2. The fraction of sp³-hybridized carbons (Fsp3) is 0.625. The minimum atomic E-state index is 0.0553. The van der Waals surface area contributed by atoms with Crippen molar-refractivity contribution < 1.29 is 4.39 Å². The van der Waals surface area contributed by atoms with Crippen LogP contribution in [0.3, 0.4) is 0 Å². The number of benzene rings is 1. The highest BCUT2D eigenvalue weighted by Crippen LogP contribution is 2.23. The summed E-state index contributed by atoms with van der Waals surface area (Å²) in [7, 11) is 1.00. The monoisotopic (exact) mass is 298 g/mol. The van der Waals surface area contributed by atoms with E-state index in [4.69, 9.17) is 0 Å². The van der Waals surface area contributed by atoms with Crippen LogP contribution in [0.1, 0.15) is 36.8 Å². The van der Waals surface area contributed by atoms with Crippen molar-refractivity contribution in [3.63, 3.8) is 0 Å². The third kappa shape index (κ3) is 3.69. The Bertz CT molecular complexity index is 421. The first-order valence-corrected chi connectivity index (χ1v) is 10.8. The second kappa shape index (κ2) is 6.53. The average molecular weight is 298 g/mol. The molecule has 1 aromatic carbocycles. The van der Waals surface area contributed by atoms with Gasteiger partial charge in [0.15, 0.2) is 0 Å². The van der Waals surface area contributed by atoms with E-state index in [1.165, 1.54) is 54.3 Å². The Morgan fingerprint density at radius 2 is 1.42 bits per heavy atom. The van der Waals surface area contributed by atoms with E-state index in [2.05, 4.69) is 12.1 Å². The van der Waals surface area contributed by atoms with Crippen LogP contribution in [-0.4, -0.2) is 23.0 Å². The van der Waals surface area contributed by atoms with Crippen LogP contribution >= 0.6 is 0 Å². The second-order valence-electron chi connectivity index (χ2n) is 5.67. The van der Waals surface area contributed by atoms with Crippen LogP contribution in [0.4, 0.5) is 4.39 Å². The molecule has 0 radical (unpaired) electrons. The van der Waals surface area contributed by atoms with E-state index in [0.717, 1.165) is 17.1 Å². The first kappa shape index (κ1) is 13.8. The predicted octanol–water partition coefficient (Wildman–Crippen LogP) is 3.65. The fourth-order valence-corrected chi connectivity index (χ4v) is 7.73. The highest BCUT2D eigenvalue weighted by molar-refractivity contribution is 7.96. The zero-order valence-corrected chi connectivity index (χ0v) is 13.1. The van der Waals surface area contributed by atoms with E-state index in [1.54, 1.807) is 0 Å². The van der Waals surface area contributed by atoms with Crippen molar-refractivity contribution in [2.24, 2.45) is 0 Å². The Kier molecular flexibility index (Phi) is 4.75. The molecule has 3 rings (SSSR count). The molecule has 0 N–H and O–H groups in total. The van der Waals surface area contributed by atoms with Gasteiger partial charge in [0.2, 0.25) is 0 Å². The lowest BCUT2D eigenvalue weighted by atomic mass is 10.1. The van der Waals surface area contributed by atoms with Crippen molar-refractivity contribution in [3.05, 3.63) is 35.1 Å². The SMILES string of the molecule is Fc1cc(C[S+]2CCCC2)ccc1C[S+]1CCCC1. The van der Waals surface area contributed by atoms with Gasteiger partial charge in [-0.3, -0.25) is 0 Å². The molecule has 0 amide bonds. The lowest BCUT2D eigenvalue weighted by Crippen LogP contribution is -2.10. The van der Waals surface area contributed by atoms with Crippen molar-refractivity contribution >= 4 is 21.8 Å². The molecule has 3 heteroatoms. The van der Waals surface area contributed by atoms with Gasteiger partial charge in [0, 0.05) is 11.1 Å². The van der Waals surface area contributed by atoms with E-state index >= 15 is 0 Å². The summed E-state index contributed by atoms with van der Waals surface area (Å²) in [5.74, 6) is 7.54. The molecule has 0 spiro atoms. The molecule has 0 bridgehead atoms. The van der Waals surface area contributed by atoms with E-state index < -0.39 is 0 Å². The van der Waals surface area contributed by atoms with Crippen LogP contribution in [0.15, 0.2) is 18.2 Å². The third-order valence-corrected chi connectivity index (χ3v) is 9.00. The van der Waals surface area contributed by atoms with Crippen molar-refractivity contribution in [3.8, 4) is 0 Å². The Morgan fingerprint density at radius 1 is 0.842 bits per heavy atom. The van der Waals surface area contributed by atoms with Gasteiger partial charge in [-0.1, -0.05) is 12.1 Å². The Hall–Kier alpha value is -0.150. The molecule has 0 aromatic heterocycles. The van der Waals surface area contributed by atoms with Crippen LogP contribution in [-0.2, 0) is 33.3 Å². The normalized spacial score (nSPS) is 21.3. The molecule has 2 heterocycles. The first-order valence-electron chi connectivity index (χ1n) is 7.37. The minimum absolute atomic E-state index is 0.0553. The molecule has 2 aliphatic heterocycles. The van der Waals surface area contributed by atoms with Crippen LogP contribution in [0, 0.1) is 5.82 Å². The largest absolute Gasteiger partial charge is 0.206 e. The highest BCUT2D eigenvalue weighted by atomic mass is 32.2.